The number of methoxy groups -OCH3 is 1. The fourth-order valence-electron chi connectivity index (χ4n) is 2.53. The van der Waals surface area contributed by atoms with Crippen LogP contribution < -0.4 is 10.1 Å². The Balaban J connectivity index is 2.14. The Hall–Kier alpha value is -1.07. The van der Waals surface area contributed by atoms with Gasteiger partial charge in [0.1, 0.15) is 0 Å². The van der Waals surface area contributed by atoms with Crippen LogP contribution in [0.4, 0.5) is 0 Å². The molecule has 18 heavy (non-hydrogen) atoms. The number of hydrogen-bond donors (Lipinski definition) is 1. The lowest BCUT2D eigenvalue weighted by Crippen LogP contribution is -2.57. The van der Waals surface area contributed by atoms with Gasteiger partial charge in [-0.05, 0) is 19.9 Å². The van der Waals surface area contributed by atoms with E-state index in [4.69, 9.17) is 4.74 Å². The van der Waals surface area contributed by atoms with E-state index < -0.39 is 0 Å². The van der Waals surface area contributed by atoms with Crippen molar-refractivity contribution >= 4 is 0 Å². The molecule has 0 atom stereocenters. The molecule has 102 valence electrons. The Labute approximate surface area is 109 Å². The molecule has 0 amide bonds. The number of ether oxygens (including phenoxy) is 1. The quantitative estimate of drug-likeness (QED) is 0.817. The maximum atomic E-state index is 5.47. The van der Waals surface area contributed by atoms with Crippen LogP contribution in [0, 0.1) is 6.92 Å². The smallest absolute Gasteiger partial charge is 0.216 e. The van der Waals surface area contributed by atoms with Gasteiger partial charge in [-0.15, -0.1) is 0 Å². The fourth-order valence-corrected chi connectivity index (χ4v) is 2.53. The second-order valence-electron chi connectivity index (χ2n) is 4.98. The molecule has 5 nitrogen and oxygen atoms in total. The summed E-state index contributed by atoms with van der Waals surface area (Å²) < 4.78 is 7.29. The molecule has 1 aliphatic heterocycles. The first-order chi connectivity index (χ1) is 8.67. The molecule has 1 N–H and O–H groups in total. The molecule has 2 rings (SSSR count). The zero-order chi connectivity index (χ0) is 13.1. The topological polar surface area (TPSA) is 42.3 Å². The van der Waals surface area contributed by atoms with Gasteiger partial charge in [0, 0.05) is 32.7 Å². The van der Waals surface area contributed by atoms with E-state index in [2.05, 4.69) is 29.2 Å². The van der Waals surface area contributed by atoms with E-state index in [1.165, 1.54) is 12.0 Å². The number of aromatic nitrogens is 2. The van der Waals surface area contributed by atoms with Crippen LogP contribution >= 0.6 is 0 Å². The molecular formula is C13H24N4O. The molecule has 5 heteroatoms. The lowest BCUT2D eigenvalue weighted by molar-refractivity contribution is 0.136. The number of nitrogens with zero attached hydrogens (tertiary/aromatic N) is 3. The predicted octanol–water partition coefficient (Wildman–Crippen LogP) is 0.921. The third kappa shape index (κ3) is 2.52. The standard InChI is InChI=1S/C13H24N4O/c1-5-6-17(11-7-14-8-11)9-12-10(2)15-16(3)13(12)18-4/h11,14H,5-9H2,1-4H3. The molecule has 0 aliphatic carbocycles. The largest absolute Gasteiger partial charge is 0.481 e. The maximum absolute atomic E-state index is 5.47. The highest BCUT2D eigenvalue weighted by molar-refractivity contribution is 5.31. The fraction of sp³-hybridized carbons (Fsp3) is 0.769. The second kappa shape index (κ2) is 5.71. The second-order valence-corrected chi connectivity index (χ2v) is 4.98. The summed E-state index contributed by atoms with van der Waals surface area (Å²) in [7, 11) is 3.65. The van der Waals surface area contributed by atoms with Crippen LogP contribution in [0.1, 0.15) is 24.6 Å². The molecule has 0 saturated carbocycles. The van der Waals surface area contributed by atoms with E-state index in [-0.39, 0.29) is 0 Å². The highest BCUT2D eigenvalue weighted by Crippen LogP contribution is 2.24. The van der Waals surface area contributed by atoms with Gasteiger partial charge in [0.25, 0.3) is 0 Å². The molecule has 0 radical (unpaired) electrons. The van der Waals surface area contributed by atoms with E-state index in [1.54, 1.807) is 7.11 Å². The monoisotopic (exact) mass is 252 g/mol. The predicted molar refractivity (Wildman–Crippen MR) is 71.9 cm³/mol. The molecule has 1 aromatic heterocycles. The first-order valence-corrected chi connectivity index (χ1v) is 6.68. The van der Waals surface area contributed by atoms with E-state index in [0.29, 0.717) is 6.04 Å². The van der Waals surface area contributed by atoms with Gasteiger partial charge in [-0.3, -0.25) is 4.90 Å². The molecule has 1 fully saturated rings. The number of nitrogens with one attached hydrogen (secondary N) is 1. The molecular weight excluding hydrogens is 228 g/mol. The summed E-state index contributed by atoms with van der Waals surface area (Å²) in [4.78, 5) is 2.53. The molecule has 0 unspecified atom stereocenters. The molecule has 0 spiro atoms. The van der Waals surface area contributed by atoms with E-state index in [0.717, 1.165) is 37.8 Å². The third-order valence-electron chi connectivity index (χ3n) is 3.63. The highest BCUT2D eigenvalue weighted by Gasteiger charge is 2.26. The molecule has 1 aromatic rings. The van der Waals surface area contributed by atoms with Gasteiger partial charge in [0.05, 0.1) is 18.4 Å². The minimum absolute atomic E-state index is 0.661. The number of hydrogen-bond acceptors (Lipinski definition) is 4. The van der Waals surface area contributed by atoms with Crippen LogP contribution in [-0.2, 0) is 13.6 Å². The van der Waals surface area contributed by atoms with E-state index >= 15 is 0 Å². The molecule has 1 saturated heterocycles. The van der Waals surface area contributed by atoms with Crippen LogP contribution in [0.25, 0.3) is 0 Å². The summed E-state index contributed by atoms with van der Waals surface area (Å²) in [6.07, 6.45) is 1.18. The van der Waals surface area contributed by atoms with Crippen molar-refractivity contribution in [1.29, 1.82) is 0 Å². The van der Waals surface area contributed by atoms with E-state index in [1.807, 2.05) is 11.7 Å². The van der Waals surface area contributed by atoms with Gasteiger partial charge in [-0.25, -0.2) is 4.68 Å². The van der Waals surface area contributed by atoms with Crippen molar-refractivity contribution < 1.29 is 4.74 Å². The summed E-state index contributed by atoms with van der Waals surface area (Å²) in [5.41, 5.74) is 2.29. The van der Waals surface area contributed by atoms with Crippen LogP contribution in [0.3, 0.4) is 0 Å². The van der Waals surface area contributed by atoms with E-state index in [9.17, 15) is 0 Å². The van der Waals surface area contributed by atoms with Crippen LogP contribution in [0.5, 0.6) is 5.88 Å². The van der Waals surface area contributed by atoms with Gasteiger partial charge in [-0.2, -0.15) is 5.10 Å². The van der Waals surface area contributed by atoms with Gasteiger partial charge in [0.15, 0.2) is 0 Å². The minimum Gasteiger partial charge on any atom is -0.481 e. The first-order valence-electron chi connectivity index (χ1n) is 6.68. The Kier molecular flexibility index (Phi) is 4.24. The summed E-state index contributed by atoms with van der Waals surface area (Å²) in [5, 5.41) is 7.79. The Morgan fingerprint density at radius 2 is 2.22 bits per heavy atom. The lowest BCUT2D eigenvalue weighted by Gasteiger charge is -2.38. The summed E-state index contributed by atoms with van der Waals surface area (Å²) in [5.74, 6) is 0.890. The third-order valence-corrected chi connectivity index (χ3v) is 3.63. The van der Waals surface area contributed by atoms with Crippen molar-refractivity contribution in [3.8, 4) is 5.88 Å². The molecule has 1 aliphatic rings. The highest BCUT2D eigenvalue weighted by atomic mass is 16.5. The van der Waals surface area contributed by atoms with Gasteiger partial charge in [-0.1, -0.05) is 6.92 Å². The lowest BCUT2D eigenvalue weighted by atomic mass is 10.1. The van der Waals surface area contributed by atoms with Crippen LogP contribution in [-0.4, -0.2) is 47.5 Å². The van der Waals surface area contributed by atoms with Gasteiger partial charge in [0.2, 0.25) is 5.88 Å². The SMILES string of the molecule is CCCN(Cc1c(C)nn(C)c1OC)C1CNC1. The van der Waals surface area contributed by atoms with Crippen molar-refractivity contribution in [3.05, 3.63) is 11.3 Å². The zero-order valence-electron chi connectivity index (χ0n) is 11.9. The molecule has 0 aromatic carbocycles. The van der Waals surface area contributed by atoms with Crippen molar-refractivity contribution in [3.63, 3.8) is 0 Å². The Morgan fingerprint density at radius 3 is 2.72 bits per heavy atom. The first kappa shape index (κ1) is 13.4. The van der Waals surface area contributed by atoms with Crippen molar-refractivity contribution in [2.75, 3.05) is 26.7 Å². The van der Waals surface area contributed by atoms with Gasteiger partial charge < -0.3 is 10.1 Å². The normalized spacial score (nSPS) is 16.1. The Morgan fingerprint density at radius 1 is 1.50 bits per heavy atom. The summed E-state index contributed by atoms with van der Waals surface area (Å²) in [6.45, 7) is 8.55. The average Bonchev–Trinajstić information content (AvgIpc) is 2.51. The zero-order valence-corrected chi connectivity index (χ0v) is 11.9. The maximum Gasteiger partial charge on any atom is 0.216 e. The van der Waals surface area contributed by atoms with Crippen LogP contribution in [0.2, 0.25) is 0 Å². The number of rotatable bonds is 6. The summed E-state index contributed by atoms with van der Waals surface area (Å²) >= 11 is 0. The van der Waals surface area contributed by atoms with Crippen molar-refractivity contribution in [2.45, 2.75) is 32.9 Å². The van der Waals surface area contributed by atoms with Crippen molar-refractivity contribution in [2.24, 2.45) is 7.05 Å². The number of aryl methyl sites for hydroxylation is 2. The van der Waals surface area contributed by atoms with Gasteiger partial charge >= 0.3 is 0 Å². The molecule has 0 bridgehead atoms. The minimum atomic E-state index is 0.661. The Bertz CT molecular complexity index is 398. The average molecular weight is 252 g/mol. The van der Waals surface area contributed by atoms with Crippen LogP contribution in [0.15, 0.2) is 0 Å². The molecule has 2 heterocycles. The van der Waals surface area contributed by atoms with Crippen molar-refractivity contribution in [1.82, 2.24) is 20.0 Å². The summed E-state index contributed by atoms with van der Waals surface area (Å²) in [6, 6.07) is 0.661.